The predicted molar refractivity (Wildman–Crippen MR) is 103 cm³/mol. The molecule has 1 amide bonds. The highest BCUT2D eigenvalue weighted by Crippen LogP contribution is 2.29. The highest BCUT2D eigenvalue weighted by atomic mass is 32.2. The molecule has 0 saturated carbocycles. The molecule has 26 heavy (non-hydrogen) atoms. The number of nitrogens with zero attached hydrogens (tertiary/aromatic N) is 4. The van der Waals surface area contributed by atoms with Crippen LogP contribution in [-0.2, 0) is 25.3 Å². The monoisotopic (exact) mass is 376 g/mol. The first-order valence-electron chi connectivity index (χ1n) is 8.93. The molecule has 0 atom stereocenters. The van der Waals surface area contributed by atoms with Gasteiger partial charge >= 0.3 is 5.69 Å². The topological polar surface area (TPSA) is 77.2 Å². The molecule has 0 N–H and O–H groups in total. The first-order chi connectivity index (χ1) is 12.5. The molecule has 0 unspecified atom stereocenters. The van der Waals surface area contributed by atoms with Gasteiger partial charge in [0.25, 0.3) is 5.56 Å². The smallest absolute Gasteiger partial charge is 0.332 e. The van der Waals surface area contributed by atoms with E-state index in [0.717, 1.165) is 41.0 Å². The number of carbonyl (C=O) groups excluding carboxylic acids is 1. The van der Waals surface area contributed by atoms with Crippen molar-refractivity contribution in [3.63, 3.8) is 0 Å². The molecular weight excluding hydrogens is 352 g/mol. The van der Waals surface area contributed by atoms with Gasteiger partial charge in [-0.25, -0.2) is 9.78 Å². The van der Waals surface area contributed by atoms with E-state index in [0.29, 0.717) is 17.5 Å². The predicted octanol–water partition coefficient (Wildman–Crippen LogP) is 1.30. The van der Waals surface area contributed by atoms with Crippen LogP contribution in [-0.4, -0.2) is 43.8 Å². The lowest BCUT2D eigenvalue weighted by Gasteiger charge is -2.26. The van der Waals surface area contributed by atoms with Crippen LogP contribution >= 0.6 is 11.8 Å². The summed E-state index contributed by atoms with van der Waals surface area (Å²) in [6.07, 6.45) is 5.69. The summed E-state index contributed by atoms with van der Waals surface area (Å²) in [6, 6.07) is 0. The van der Waals surface area contributed by atoms with Gasteiger partial charge in [-0.05, 0) is 31.2 Å². The summed E-state index contributed by atoms with van der Waals surface area (Å²) in [7, 11) is 3.08. The summed E-state index contributed by atoms with van der Waals surface area (Å²) in [5, 5.41) is 0.422. The second-order valence-corrected chi connectivity index (χ2v) is 7.59. The fourth-order valence-corrected chi connectivity index (χ4v) is 4.48. The van der Waals surface area contributed by atoms with Gasteiger partial charge in [0.15, 0.2) is 0 Å². The number of fused-ring (bicyclic) bond motifs is 1. The van der Waals surface area contributed by atoms with Crippen molar-refractivity contribution >= 4 is 28.7 Å². The number of aromatic nitrogens is 3. The Bertz CT molecular complexity index is 958. The average molecular weight is 376 g/mol. The number of pyridine rings is 1. The number of likely N-dealkylation sites (tertiary alicyclic amines) is 1. The minimum absolute atomic E-state index is 0.100. The summed E-state index contributed by atoms with van der Waals surface area (Å²) >= 11 is 1.38. The largest absolute Gasteiger partial charge is 0.342 e. The summed E-state index contributed by atoms with van der Waals surface area (Å²) in [4.78, 5) is 44.4. The molecule has 1 fully saturated rings. The van der Waals surface area contributed by atoms with Gasteiger partial charge in [0.2, 0.25) is 5.91 Å². The number of piperidine rings is 1. The van der Waals surface area contributed by atoms with Crippen LogP contribution < -0.4 is 11.2 Å². The molecule has 3 heterocycles. The molecule has 7 nitrogen and oxygen atoms in total. The first-order valence-corrected chi connectivity index (χ1v) is 9.92. The SMILES string of the molecule is CCc1cnc2c(c1SCC(=O)N1CCCCC1)c(=O)n(C)c(=O)n2C. The van der Waals surface area contributed by atoms with E-state index in [9.17, 15) is 14.4 Å². The number of aryl methyl sites for hydroxylation is 2. The lowest BCUT2D eigenvalue weighted by Crippen LogP contribution is -2.38. The van der Waals surface area contributed by atoms with E-state index in [2.05, 4.69) is 4.98 Å². The standard InChI is InChI=1S/C18H24N4O3S/c1-4-12-10-19-16-14(17(24)21(3)18(25)20(16)2)15(12)26-11-13(23)22-8-6-5-7-9-22/h10H,4-9,11H2,1-3H3. The van der Waals surface area contributed by atoms with Crippen LogP contribution in [0.2, 0.25) is 0 Å². The molecule has 8 heteroatoms. The zero-order valence-corrected chi connectivity index (χ0v) is 16.3. The van der Waals surface area contributed by atoms with E-state index in [4.69, 9.17) is 0 Å². The van der Waals surface area contributed by atoms with Crippen molar-refractivity contribution in [3.8, 4) is 0 Å². The fourth-order valence-electron chi connectivity index (χ4n) is 3.33. The Morgan fingerprint density at radius 3 is 2.50 bits per heavy atom. The van der Waals surface area contributed by atoms with Crippen molar-refractivity contribution in [2.75, 3.05) is 18.8 Å². The highest BCUT2D eigenvalue weighted by molar-refractivity contribution is 8.00. The minimum atomic E-state index is -0.403. The van der Waals surface area contributed by atoms with Crippen LogP contribution in [0, 0.1) is 0 Å². The number of amides is 1. The molecule has 0 radical (unpaired) electrons. The van der Waals surface area contributed by atoms with Gasteiger partial charge in [-0.3, -0.25) is 18.7 Å². The number of rotatable bonds is 4. The number of hydrogen-bond donors (Lipinski definition) is 0. The third-order valence-electron chi connectivity index (χ3n) is 4.92. The Morgan fingerprint density at radius 1 is 1.15 bits per heavy atom. The zero-order valence-electron chi connectivity index (χ0n) is 15.4. The van der Waals surface area contributed by atoms with Crippen molar-refractivity contribution in [1.29, 1.82) is 0 Å². The van der Waals surface area contributed by atoms with Crippen LogP contribution in [0.15, 0.2) is 20.7 Å². The Labute approximate surface area is 156 Å². The molecule has 2 aromatic heterocycles. The van der Waals surface area contributed by atoms with Gasteiger partial charge in [0.05, 0.1) is 11.1 Å². The van der Waals surface area contributed by atoms with E-state index >= 15 is 0 Å². The summed E-state index contributed by atoms with van der Waals surface area (Å²) in [5.74, 6) is 0.390. The zero-order chi connectivity index (χ0) is 18.8. The molecule has 1 saturated heterocycles. The van der Waals surface area contributed by atoms with Gasteiger partial charge in [-0.1, -0.05) is 6.92 Å². The van der Waals surface area contributed by atoms with Crippen molar-refractivity contribution in [2.24, 2.45) is 14.1 Å². The third-order valence-corrected chi connectivity index (χ3v) is 6.07. The molecule has 0 bridgehead atoms. The Kier molecular flexibility index (Phi) is 5.50. The number of hydrogen-bond acceptors (Lipinski definition) is 5. The van der Waals surface area contributed by atoms with Crippen LogP contribution in [0.4, 0.5) is 0 Å². The van der Waals surface area contributed by atoms with Gasteiger partial charge in [-0.15, -0.1) is 11.8 Å². The number of carbonyl (C=O) groups is 1. The summed E-state index contributed by atoms with van der Waals surface area (Å²) < 4.78 is 2.48. The van der Waals surface area contributed by atoms with Crippen LogP contribution in [0.5, 0.6) is 0 Å². The van der Waals surface area contributed by atoms with Crippen molar-refractivity contribution in [3.05, 3.63) is 32.6 Å². The highest BCUT2D eigenvalue weighted by Gasteiger charge is 2.20. The molecule has 0 aromatic carbocycles. The Balaban J connectivity index is 2.02. The van der Waals surface area contributed by atoms with E-state index in [-0.39, 0.29) is 17.2 Å². The Morgan fingerprint density at radius 2 is 1.85 bits per heavy atom. The molecule has 2 aromatic rings. The van der Waals surface area contributed by atoms with Crippen molar-refractivity contribution < 1.29 is 4.79 Å². The van der Waals surface area contributed by atoms with Gasteiger partial charge in [-0.2, -0.15) is 0 Å². The Hall–Kier alpha value is -2.09. The maximum atomic E-state index is 12.7. The van der Waals surface area contributed by atoms with Gasteiger partial charge in [0.1, 0.15) is 5.65 Å². The van der Waals surface area contributed by atoms with Crippen molar-refractivity contribution in [2.45, 2.75) is 37.5 Å². The molecule has 3 rings (SSSR count). The van der Waals surface area contributed by atoms with Crippen LogP contribution in [0.1, 0.15) is 31.7 Å². The normalized spacial score (nSPS) is 14.8. The molecule has 0 spiro atoms. The second-order valence-electron chi connectivity index (χ2n) is 6.60. The summed E-state index contributed by atoms with van der Waals surface area (Å²) in [5.41, 5.74) is 0.520. The average Bonchev–Trinajstić information content (AvgIpc) is 2.68. The molecule has 0 aliphatic carbocycles. The van der Waals surface area contributed by atoms with Crippen molar-refractivity contribution in [1.82, 2.24) is 19.0 Å². The van der Waals surface area contributed by atoms with Crippen LogP contribution in [0.3, 0.4) is 0 Å². The quantitative estimate of drug-likeness (QED) is 0.752. The van der Waals surface area contributed by atoms with Gasteiger partial charge in [0, 0.05) is 38.3 Å². The lowest BCUT2D eigenvalue weighted by molar-refractivity contribution is -0.129. The maximum absolute atomic E-state index is 12.7. The fraction of sp³-hybridized carbons (Fsp3) is 0.556. The van der Waals surface area contributed by atoms with Gasteiger partial charge < -0.3 is 4.90 Å². The summed E-state index contributed by atoms with van der Waals surface area (Å²) in [6.45, 7) is 3.62. The molecule has 1 aliphatic rings. The second kappa shape index (κ2) is 7.65. The number of thioether (sulfide) groups is 1. The molecular formula is C18H24N4O3S. The lowest BCUT2D eigenvalue weighted by atomic mass is 10.1. The molecule has 1 aliphatic heterocycles. The minimum Gasteiger partial charge on any atom is -0.342 e. The first kappa shape index (κ1) is 18.7. The maximum Gasteiger partial charge on any atom is 0.332 e. The van der Waals surface area contributed by atoms with E-state index in [1.54, 1.807) is 13.2 Å². The van der Waals surface area contributed by atoms with E-state index in [1.807, 2.05) is 11.8 Å². The third kappa shape index (κ3) is 3.30. The van der Waals surface area contributed by atoms with E-state index in [1.165, 1.54) is 29.8 Å². The van der Waals surface area contributed by atoms with E-state index < -0.39 is 5.69 Å². The molecule has 140 valence electrons. The van der Waals surface area contributed by atoms with Crippen LogP contribution in [0.25, 0.3) is 11.0 Å².